The quantitative estimate of drug-likeness (QED) is 0.803. The molecule has 4 heteroatoms. The first kappa shape index (κ1) is 9.45. The Bertz CT molecular complexity index is 471. The zero-order valence-electron chi connectivity index (χ0n) is 8.34. The minimum Gasteiger partial charge on any atom is -0.496 e. The number of nitrogens with zero attached hydrogens (tertiary/aromatic N) is 2. The molecule has 0 unspecified atom stereocenters. The molecule has 0 radical (unpaired) electrons. The Morgan fingerprint density at radius 2 is 1.80 bits per heavy atom. The highest BCUT2D eigenvalue weighted by Gasteiger charge is 2.07. The summed E-state index contributed by atoms with van der Waals surface area (Å²) < 4.78 is 5.25. The maximum atomic E-state index is 5.82. The van der Waals surface area contributed by atoms with Crippen LogP contribution in [0.5, 0.6) is 5.75 Å². The number of rotatable bonds is 2. The normalized spacial score (nSPS) is 9.93. The van der Waals surface area contributed by atoms with Crippen molar-refractivity contribution in [1.29, 1.82) is 0 Å². The number of anilines is 1. The Kier molecular flexibility index (Phi) is 2.49. The van der Waals surface area contributed by atoms with E-state index in [1.165, 1.54) is 6.20 Å². The van der Waals surface area contributed by atoms with Crippen molar-refractivity contribution >= 4 is 5.69 Å². The third-order valence-corrected chi connectivity index (χ3v) is 2.16. The van der Waals surface area contributed by atoms with Crippen LogP contribution in [-0.2, 0) is 0 Å². The summed E-state index contributed by atoms with van der Waals surface area (Å²) in [4.78, 5) is 0. The van der Waals surface area contributed by atoms with Gasteiger partial charge in [0.25, 0.3) is 0 Å². The molecule has 0 bridgehead atoms. The average molecular weight is 201 g/mol. The number of nitrogen functional groups attached to an aromatic ring is 1. The van der Waals surface area contributed by atoms with Crippen LogP contribution in [0.2, 0.25) is 0 Å². The molecule has 1 aromatic heterocycles. The molecule has 76 valence electrons. The van der Waals surface area contributed by atoms with Crippen molar-refractivity contribution in [1.82, 2.24) is 10.2 Å². The van der Waals surface area contributed by atoms with Gasteiger partial charge < -0.3 is 10.5 Å². The van der Waals surface area contributed by atoms with Gasteiger partial charge in [0.1, 0.15) is 5.75 Å². The monoisotopic (exact) mass is 201 g/mol. The van der Waals surface area contributed by atoms with Gasteiger partial charge in [-0.05, 0) is 6.07 Å². The van der Waals surface area contributed by atoms with Crippen LogP contribution in [0.1, 0.15) is 0 Å². The van der Waals surface area contributed by atoms with E-state index < -0.39 is 0 Å². The Morgan fingerprint density at radius 1 is 1.07 bits per heavy atom. The minimum absolute atomic E-state index is 0.592. The van der Waals surface area contributed by atoms with Crippen molar-refractivity contribution in [2.75, 3.05) is 12.8 Å². The number of aromatic nitrogens is 2. The summed E-state index contributed by atoms with van der Waals surface area (Å²) in [5.41, 5.74) is 8.17. The van der Waals surface area contributed by atoms with Gasteiger partial charge in [-0.2, -0.15) is 10.2 Å². The van der Waals surface area contributed by atoms with Gasteiger partial charge in [-0.3, -0.25) is 0 Å². The SMILES string of the molecule is COc1ccccc1-c1cnncc1N. The van der Waals surface area contributed by atoms with E-state index in [-0.39, 0.29) is 0 Å². The molecule has 0 aliphatic carbocycles. The van der Waals surface area contributed by atoms with Crippen LogP contribution in [-0.4, -0.2) is 17.3 Å². The van der Waals surface area contributed by atoms with E-state index in [0.717, 1.165) is 16.9 Å². The zero-order chi connectivity index (χ0) is 10.7. The highest BCUT2D eigenvalue weighted by atomic mass is 16.5. The molecule has 0 amide bonds. The summed E-state index contributed by atoms with van der Waals surface area (Å²) in [5.74, 6) is 0.775. The fourth-order valence-electron chi connectivity index (χ4n) is 1.42. The highest BCUT2D eigenvalue weighted by molar-refractivity contribution is 5.78. The lowest BCUT2D eigenvalue weighted by Crippen LogP contribution is -1.95. The first-order valence-electron chi connectivity index (χ1n) is 4.52. The lowest BCUT2D eigenvalue weighted by Gasteiger charge is -2.08. The first-order valence-corrected chi connectivity index (χ1v) is 4.52. The predicted molar refractivity (Wildman–Crippen MR) is 58.4 cm³/mol. The van der Waals surface area contributed by atoms with Crippen LogP contribution in [0.15, 0.2) is 36.7 Å². The van der Waals surface area contributed by atoms with E-state index in [1.807, 2.05) is 24.3 Å². The predicted octanol–water partition coefficient (Wildman–Crippen LogP) is 1.73. The van der Waals surface area contributed by atoms with Gasteiger partial charge in [0.15, 0.2) is 0 Å². The van der Waals surface area contributed by atoms with Crippen LogP contribution in [0, 0.1) is 0 Å². The second-order valence-corrected chi connectivity index (χ2v) is 3.06. The molecular formula is C11H11N3O. The number of para-hydroxylation sites is 1. The van der Waals surface area contributed by atoms with Gasteiger partial charge in [0.05, 0.1) is 25.2 Å². The summed E-state index contributed by atoms with van der Waals surface area (Å²) in [5, 5.41) is 7.52. The molecule has 0 saturated carbocycles. The molecule has 1 aromatic carbocycles. The second kappa shape index (κ2) is 3.96. The molecule has 0 fully saturated rings. The highest BCUT2D eigenvalue weighted by Crippen LogP contribution is 2.31. The summed E-state index contributed by atoms with van der Waals surface area (Å²) in [6.45, 7) is 0. The van der Waals surface area contributed by atoms with Gasteiger partial charge >= 0.3 is 0 Å². The number of methoxy groups -OCH3 is 1. The smallest absolute Gasteiger partial charge is 0.126 e. The second-order valence-electron chi connectivity index (χ2n) is 3.06. The Hall–Kier alpha value is -2.10. The van der Waals surface area contributed by atoms with Crippen molar-refractivity contribution in [2.24, 2.45) is 0 Å². The van der Waals surface area contributed by atoms with Gasteiger partial charge in [-0.1, -0.05) is 18.2 Å². The molecule has 2 aromatic rings. The fourth-order valence-corrected chi connectivity index (χ4v) is 1.42. The zero-order valence-corrected chi connectivity index (χ0v) is 8.34. The molecule has 2 rings (SSSR count). The van der Waals surface area contributed by atoms with Crippen molar-refractivity contribution in [3.8, 4) is 16.9 Å². The molecule has 4 nitrogen and oxygen atoms in total. The first-order chi connectivity index (χ1) is 7.33. The van der Waals surface area contributed by atoms with Crippen molar-refractivity contribution < 1.29 is 4.74 Å². The summed E-state index contributed by atoms with van der Waals surface area (Å²) >= 11 is 0. The van der Waals surface area contributed by atoms with Crippen LogP contribution in [0.25, 0.3) is 11.1 Å². The van der Waals surface area contributed by atoms with E-state index in [1.54, 1.807) is 13.3 Å². The van der Waals surface area contributed by atoms with Gasteiger partial charge in [-0.25, -0.2) is 0 Å². The van der Waals surface area contributed by atoms with Crippen LogP contribution in [0.3, 0.4) is 0 Å². The van der Waals surface area contributed by atoms with Crippen molar-refractivity contribution in [2.45, 2.75) is 0 Å². The van der Waals surface area contributed by atoms with Gasteiger partial charge in [0, 0.05) is 11.1 Å². The molecule has 0 atom stereocenters. The Labute approximate surface area is 87.7 Å². The molecule has 0 aliphatic rings. The summed E-state index contributed by atoms with van der Waals surface area (Å²) in [7, 11) is 1.63. The topological polar surface area (TPSA) is 61.0 Å². The number of hydrogen-bond acceptors (Lipinski definition) is 4. The van der Waals surface area contributed by atoms with E-state index in [4.69, 9.17) is 10.5 Å². The Balaban J connectivity index is 2.59. The maximum absolute atomic E-state index is 5.82. The van der Waals surface area contributed by atoms with Crippen molar-refractivity contribution in [3.63, 3.8) is 0 Å². The molecule has 0 aliphatic heterocycles. The minimum atomic E-state index is 0.592. The number of nitrogens with two attached hydrogens (primary N) is 1. The van der Waals surface area contributed by atoms with E-state index >= 15 is 0 Å². The maximum Gasteiger partial charge on any atom is 0.126 e. The lowest BCUT2D eigenvalue weighted by atomic mass is 10.1. The summed E-state index contributed by atoms with van der Waals surface area (Å²) in [6.07, 6.45) is 3.16. The third kappa shape index (κ3) is 1.74. The molecule has 1 heterocycles. The van der Waals surface area contributed by atoms with E-state index in [9.17, 15) is 0 Å². The Morgan fingerprint density at radius 3 is 2.53 bits per heavy atom. The number of hydrogen-bond donors (Lipinski definition) is 1. The largest absolute Gasteiger partial charge is 0.496 e. The molecular weight excluding hydrogens is 190 g/mol. The van der Waals surface area contributed by atoms with Crippen LogP contribution < -0.4 is 10.5 Å². The van der Waals surface area contributed by atoms with Gasteiger partial charge in [-0.15, -0.1) is 0 Å². The molecule has 15 heavy (non-hydrogen) atoms. The number of benzene rings is 1. The third-order valence-electron chi connectivity index (χ3n) is 2.16. The van der Waals surface area contributed by atoms with E-state index in [0.29, 0.717) is 5.69 Å². The number of ether oxygens (including phenoxy) is 1. The standard InChI is InChI=1S/C11H11N3O/c1-15-11-5-3-2-4-8(11)9-6-13-14-7-10(9)12/h2-7H,1H3,(H2,12,13). The summed E-state index contributed by atoms with van der Waals surface area (Å²) in [6, 6.07) is 7.66. The lowest BCUT2D eigenvalue weighted by molar-refractivity contribution is 0.416. The van der Waals surface area contributed by atoms with Crippen LogP contribution >= 0.6 is 0 Å². The molecule has 0 saturated heterocycles. The average Bonchev–Trinajstić information content (AvgIpc) is 2.30. The fraction of sp³-hybridized carbons (Fsp3) is 0.0909. The van der Waals surface area contributed by atoms with E-state index in [2.05, 4.69) is 10.2 Å². The molecule has 0 spiro atoms. The van der Waals surface area contributed by atoms with Crippen LogP contribution in [0.4, 0.5) is 5.69 Å². The van der Waals surface area contributed by atoms with Crippen molar-refractivity contribution in [3.05, 3.63) is 36.7 Å². The molecule has 2 N–H and O–H groups in total. The van der Waals surface area contributed by atoms with Gasteiger partial charge in [0.2, 0.25) is 0 Å².